The Bertz CT molecular complexity index is 434. The van der Waals surface area contributed by atoms with E-state index < -0.39 is 5.54 Å². The van der Waals surface area contributed by atoms with E-state index in [1.807, 2.05) is 0 Å². The van der Waals surface area contributed by atoms with Crippen molar-refractivity contribution in [2.24, 2.45) is 5.92 Å². The van der Waals surface area contributed by atoms with Crippen LogP contribution in [0.15, 0.2) is 24.3 Å². The van der Waals surface area contributed by atoms with Gasteiger partial charge < -0.3 is 16.2 Å². The number of nitrogens with one attached hydrogen (secondary N) is 1. The van der Waals surface area contributed by atoms with E-state index in [4.69, 9.17) is 5.73 Å². The van der Waals surface area contributed by atoms with Gasteiger partial charge in [0.1, 0.15) is 0 Å². The maximum atomic E-state index is 12.2. The van der Waals surface area contributed by atoms with Gasteiger partial charge in [-0.15, -0.1) is 0 Å². The van der Waals surface area contributed by atoms with Crippen molar-refractivity contribution in [3.05, 3.63) is 29.8 Å². The van der Waals surface area contributed by atoms with Gasteiger partial charge >= 0.3 is 0 Å². The van der Waals surface area contributed by atoms with E-state index in [-0.39, 0.29) is 12.5 Å². The number of hydrogen-bond acceptors (Lipinski definition) is 3. The normalized spacial score (nSPS) is 26.9. The summed E-state index contributed by atoms with van der Waals surface area (Å²) >= 11 is 0. The summed E-state index contributed by atoms with van der Waals surface area (Å²) in [6, 6.07) is 6.84. The first-order chi connectivity index (χ1) is 9.04. The topological polar surface area (TPSA) is 75.3 Å². The molecule has 0 radical (unpaired) electrons. The minimum Gasteiger partial charge on any atom is -0.399 e. The molecule has 2 rings (SSSR count). The average Bonchev–Trinajstić information content (AvgIpc) is 2.42. The molecule has 0 aromatic heterocycles. The minimum atomic E-state index is -0.453. The summed E-state index contributed by atoms with van der Waals surface area (Å²) in [5.74, 6) is 0.539. The summed E-state index contributed by atoms with van der Waals surface area (Å²) in [5.41, 5.74) is 6.38. The number of aliphatic hydroxyl groups is 1. The van der Waals surface area contributed by atoms with Gasteiger partial charge in [0.15, 0.2) is 0 Å². The molecule has 19 heavy (non-hydrogen) atoms. The van der Waals surface area contributed by atoms with Crippen molar-refractivity contribution in [1.29, 1.82) is 0 Å². The van der Waals surface area contributed by atoms with Crippen LogP contribution in [0.4, 0.5) is 5.69 Å². The van der Waals surface area contributed by atoms with Gasteiger partial charge in [0.2, 0.25) is 0 Å². The molecule has 1 aromatic rings. The molecule has 1 aliphatic carbocycles. The fraction of sp³-hybridized carbons (Fsp3) is 0.533. The number of carbonyl (C=O) groups excluding carboxylic acids is 1. The van der Waals surface area contributed by atoms with Crippen LogP contribution < -0.4 is 11.1 Å². The van der Waals surface area contributed by atoms with Crippen molar-refractivity contribution in [3.63, 3.8) is 0 Å². The first-order valence-corrected chi connectivity index (χ1v) is 6.83. The molecule has 0 bridgehead atoms. The van der Waals surface area contributed by atoms with Gasteiger partial charge in [-0.2, -0.15) is 0 Å². The van der Waals surface area contributed by atoms with Crippen molar-refractivity contribution in [2.45, 2.75) is 38.1 Å². The lowest BCUT2D eigenvalue weighted by atomic mass is 9.77. The number of nitrogen functional groups attached to an aromatic ring is 1. The molecule has 0 unspecified atom stereocenters. The molecule has 0 saturated heterocycles. The molecule has 1 saturated carbocycles. The Morgan fingerprint density at radius 3 is 2.47 bits per heavy atom. The quantitative estimate of drug-likeness (QED) is 0.729. The molecule has 4 N–H and O–H groups in total. The molecular weight excluding hydrogens is 240 g/mol. The van der Waals surface area contributed by atoms with Crippen LogP contribution >= 0.6 is 0 Å². The van der Waals surface area contributed by atoms with Crippen LogP contribution in [-0.4, -0.2) is 23.2 Å². The average molecular weight is 262 g/mol. The molecule has 1 amide bonds. The summed E-state index contributed by atoms with van der Waals surface area (Å²) in [4.78, 5) is 12.2. The molecule has 0 aliphatic heterocycles. The van der Waals surface area contributed by atoms with E-state index in [2.05, 4.69) is 12.2 Å². The molecule has 0 atom stereocenters. The second kappa shape index (κ2) is 5.61. The first-order valence-electron chi connectivity index (χ1n) is 6.83. The molecule has 104 valence electrons. The number of benzene rings is 1. The molecule has 0 spiro atoms. The predicted molar refractivity (Wildman–Crippen MR) is 75.8 cm³/mol. The molecule has 1 aliphatic rings. The van der Waals surface area contributed by atoms with Crippen molar-refractivity contribution >= 4 is 11.6 Å². The lowest BCUT2D eigenvalue weighted by molar-refractivity contribution is 0.0717. The zero-order chi connectivity index (χ0) is 13.9. The highest BCUT2D eigenvalue weighted by Gasteiger charge is 2.35. The second-order valence-corrected chi connectivity index (χ2v) is 5.70. The van der Waals surface area contributed by atoms with Crippen LogP contribution in [0.1, 0.15) is 43.0 Å². The second-order valence-electron chi connectivity index (χ2n) is 5.70. The molecule has 0 heterocycles. The van der Waals surface area contributed by atoms with Crippen molar-refractivity contribution in [3.8, 4) is 0 Å². The zero-order valence-electron chi connectivity index (χ0n) is 11.4. The third-order valence-corrected chi connectivity index (χ3v) is 4.09. The Morgan fingerprint density at radius 2 is 1.95 bits per heavy atom. The third kappa shape index (κ3) is 3.26. The minimum absolute atomic E-state index is 0.000429. The fourth-order valence-electron chi connectivity index (χ4n) is 2.58. The maximum absolute atomic E-state index is 12.2. The van der Waals surface area contributed by atoms with Gasteiger partial charge in [-0.3, -0.25) is 4.79 Å². The number of hydrogen-bond donors (Lipinski definition) is 3. The molecule has 4 nitrogen and oxygen atoms in total. The van der Waals surface area contributed by atoms with Gasteiger partial charge in [-0.1, -0.05) is 6.92 Å². The van der Waals surface area contributed by atoms with Crippen LogP contribution in [0.25, 0.3) is 0 Å². The highest BCUT2D eigenvalue weighted by molar-refractivity contribution is 5.95. The Morgan fingerprint density at radius 1 is 1.37 bits per heavy atom. The third-order valence-electron chi connectivity index (χ3n) is 4.09. The number of amides is 1. The lowest BCUT2D eigenvalue weighted by Crippen LogP contribution is -2.53. The van der Waals surface area contributed by atoms with E-state index in [9.17, 15) is 9.90 Å². The SMILES string of the molecule is CC1CCC(CO)(NC(=O)c2ccc(N)cc2)CC1. The van der Waals surface area contributed by atoms with E-state index >= 15 is 0 Å². The van der Waals surface area contributed by atoms with Crippen LogP contribution in [0.2, 0.25) is 0 Å². The van der Waals surface area contributed by atoms with Gasteiger partial charge in [0.05, 0.1) is 12.1 Å². The van der Waals surface area contributed by atoms with Gasteiger partial charge in [0, 0.05) is 11.3 Å². The number of aliphatic hydroxyl groups excluding tert-OH is 1. The fourth-order valence-corrected chi connectivity index (χ4v) is 2.58. The Kier molecular flexibility index (Phi) is 4.10. The summed E-state index contributed by atoms with van der Waals surface area (Å²) in [6.07, 6.45) is 3.77. The molecule has 4 heteroatoms. The highest BCUT2D eigenvalue weighted by Crippen LogP contribution is 2.31. The van der Waals surface area contributed by atoms with Crippen LogP contribution in [0.5, 0.6) is 0 Å². The Labute approximate surface area is 114 Å². The Hall–Kier alpha value is -1.55. The monoisotopic (exact) mass is 262 g/mol. The first kappa shape index (κ1) is 13.9. The van der Waals surface area contributed by atoms with Crippen molar-refractivity contribution in [2.75, 3.05) is 12.3 Å². The lowest BCUT2D eigenvalue weighted by Gasteiger charge is -2.38. The van der Waals surface area contributed by atoms with E-state index in [1.165, 1.54) is 0 Å². The van der Waals surface area contributed by atoms with Gasteiger partial charge in [0.25, 0.3) is 5.91 Å². The molecule has 1 aromatic carbocycles. The number of carbonyl (C=O) groups is 1. The summed E-state index contributed by atoms with van der Waals surface area (Å²) in [7, 11) is 0. The van der Waals surface area contributed by atoms with Gasteiger partial charge in [-0.25, -0.2) is 0 Å². The van der Waals surface area contributed by atoms with E-state index in [1.54, 1.807) is 24.3 Å². The maximum Gasteiger partial charge on any atom is 0.251 e. The number of nitrogens with two attached hydrogens (primary N) is 1. The Balaban J connectivity index is 2.06. The van der Waals surface area contributed by atoms with Crippen LogP contribution in [0, 0.1) is 5.92 Å². The van der Waals surface area contributed by atoms with Crippen LogP contribution in [0.3, 0.4) is 0 Å². The van der Waals surface area contributed by atoms with Crippen LogP contribution in [-0.2, 0) is 0 Å². The van der Waals surface area contributed by atoms with Gasteiger partial charge in [-0.05, 0) is 55.9 Å². The smallest absolute Gasteiger partial charge is 0.251 e. The standard InChI is InChI=1S/C15H22N2O2/c1-11-6-8-15(10-18,9-7-11)17-14(19)12-2-4-13(16)5-3-12/h2-5,11,18H,6-10,16H2,1H3,(H,17,19). The summed E-state index contributed by atoms with van der Waals surface area (Å²) < 4.78 is 0. The summed E-state index contributed by atoms with van der Waals surface area (Å²) in [5, 5.41) is 12.6. The highest BCUT2D eigenvalue weighted by atomic mass is 16.3. The van der Waals surface area contributed by atoms with Crippen molar-refractivity contribution in [1.82, 2.24) is 5.32 Å². The van der Waals surface area contributed by atoms with E-state index in [0.29, 0.717) is 17.2 Å². The number of rotatable bonds is 3. The zero-order valence-corrected chi connectivity index (χ0v) is 11.4. The molecular formula is C15H22N2O2. The molecule has 1 fully saturated rings. The number of anilines is 1. The predicted octanol–water partition coefficient (Wildman–Crippen LogP) is 1.94. The largest absolute Gasteiger partial charge is 0.399 e. The summed E-state index contributed by atoms with van der Waals surface area (Å²) in [6.45, 7) is 2.21. The van der Waals surface area contributed by atoms with Crippen molar-refractivity contribution < 1.29 is 9.90 Å². The van der Waals surface area contributed by atoms with E-state index in [0.717, 1.165) is 25.7 Å².